The molecular formula is C18H27FN2O5SSi. The van der Waals surface area contributed by atoms with Gasteiger partial charge < -0.3 is 9.90 Å². The third-order valence-electron chi connectivity index (χ3n) is 5.45. The number of amides is 1. The third-order valence-corrected chi connectivity index (χ3v) is 8.40. The maximum atomic E-state index is 15.2. The van der Waals surface area contributed by atoms with Gasteiger partial charge in [-0.2, -0.15) is 8.42 Å². The Bertz CT molecular complexity index is 885. The van der Waals surface area contributed by atoms with Crippen LogP contribution in [-0.2, 0) is 27.8 Å². The Morgan fingerprint density at radius 3 is 2.68 bits per heavy atom. The number of hydrogen-bond donors (Lipinski definition) is 3. The number of halogens is 1. The van der Waals surface area contributed by atoms with Crippen LogP contribution in [-0.4, -0.2) is 39.1 Å². The standard InChI is InChI=1S/C18H27FN2O5SSi/c1-28(2,26)8-4-3-5-12-6-7-13-10-15(22)18(17(19)14(13)9-12)21-11-16(23)20-27(21,24)25/h10,12,22,26H,3-9,11H2,1-2H3,(H,20,23). The summed E-state index contributed by atoms with van der Waals surface area (Å²) in [5.74, 6) is -1.71. The number of phenols is 1. The zero-order chi connectivity index (χ0) is 20.7. The summed E-state index contributed by atoms with van der Waals surface area (Å²) in [5, 5.41) is 10.2. The number of fused-ring (bicyclic) bond motifs is 1. The van der Waals surface area contributed by atoms with E-state index in [-0.39, 0.29) is 5.92 Å². The van der Waals surface area contributed by atoms with Crippen LogP contribution in [0.3, 0.4) is 0 Å². The van der Waals surface area contributed by atoms with Crippen LogP contribution in [0, 0.1) is 11.7 Å². The number of unbranched alkanes of at least 4 members (excludes halogenated alkanes) is 1. The van der Waals surface area contributed by atoms with E-state index in [1.165, 1.54) is 6.07 Å². The van der Waals surface area contributed by atoms with Gasteiger partial charge in [-0.15, -0.1) is 0 Å². The smallest absolute Gasteiger partial charge is 0.326 e. The zero-order valence-corrected chi connectivity index (χ0v) is 18.0. The minimum Gasteiger partial charge on any atom is -0.506 e. The number of aryl methyl sites for hydroxylation is 1. The molecule has 28 heavy (non-hydrogen) atoms. The number of aromatic hydroxyl groups is 1. The van der Waals surface area contributed by atoms with Crippen molar-refractivity contribution in [2.75, 3.05) is 10.8 Å². The minimum atomic E-state index is -4.19. The number of rotatable bonds is 6. The number of hydrogen-bond acceptors (Lipinski definition) is 5. The van der Waals surface area contributed by atoms with Gasteiger partial charge in [0, 0.05) is 0 Å². The Morgan fingerprint density at radius 1 is 1.36 bits per heavy atom. The lowest BCUT2D eigenvalue weighted by molar-refractivity contribution is -0.117. The molecule has 1 fully saturated rings. The van der Waals surface area contributed by atoms with Gasteiger partial charge in [-0.3, -0.25) is 4.79 Å². The van der Waals surface area contributed by atoms with E-state index in [9.17, 15) is 23.1 Å². The lowest BCUT2D eigenvalue weighted by atomic mass is 9.81. The Balaban J connectivity index is 1.78. The van der Waals surface area contributed by atoms with Gasteiger partial charge in [-0.25, -0.2) is 13.4 Å². The summed E-state index contributed by atoms with van der Waals surface area (Å²) in [6, 6.07) is 2.26. The van der Waals surface area contributed by atoms with Crippen LogP contribution in [0.4, 0.5) is 10.1 Å². The van der Waals surface area contributed by atoms with Crippen molar-refractivity contribution in [3.8, 4) is 5.75 Å². The third kappa shape index (κ3) is 4.49. The second-order valence-corrected chi connectivity index (χ2v) is 14.1. The molecule has 1 unspecified atom stereocenters. The fraction of sp³-hybridized carbons (Fsp3) is 0.611. The maximum Gasteiger partial charge on any atom is 0.326 e. The van der Waals surface area contributed by atoms with Crippen molar-refractivity contribution in [2.24, 2.45) is 5.92 Å². The minimum absolute atomic E-state index is 0.276. The normalized spacial score (nSPS) is 21.5. The van der Waals surface area contributed by atoms with E-state index in [0.29, 0.717) is 28.3 Å². The molecule has 1 aromatic rings. The highest BCUT2D eigenvalue weighted by atomic mass is 32.2. The van der Waals surface area contributed by atoms with Crippen molar-refractivity contribution < 1.29 is 27.5 Å². The molecule has 3 rings (SSSR count). The summed E-state index contributed by atoms with van der Waals surface area (Å²) in [6.45, 7) is 3.29. The highest BCUT2D eigenvalue weighted by Gasteiger charge is 2.39. The number of carbonyl (C=O) groups is 1. The lowest BCUT2D eigenvalue weighted by Crippen LogP contribution is -2.31. The largest absolute Gasteiger partial charge is 0.506 e. The van der Waals surface area contributed by atoms with Gasteiger partial charge in [0.1, 0.15) is 18.0 Å². The molecule has 0 aromatic heterocycles. The van der Waals surface area contributed by atoms with Crippen LogP contribution in [0.15, 0.2) is 6.07 Å². The monoisotopic (exact) mass is 430 g/mol. The molecule has 2 aliphatic rings. The molecule has 1 heterocycles. The summed E-state index contributed by atoms with van der Waals surface area (Å²) in [5.41, 5.74) is 0.663. The van der Waals surface area contributed by atoms with Crippen molar-refractivity contribution in [1.82, 2.24) is 4.72 Å². The molecular weight excluding hydrogens is 403 g/mol. The molecule has 156 valence electrons. The molecule has 1 aromatic carbocycles. The first kappa shape index (κ1) is 21.1. The lowest BCUT2D eigenvalue weighted by Gasteiger charge is -2.28. The summed E-state index contributed by atoms with van der Waals surface area (Å²) in [4.78, 5) is 21.4. The average Bonchev–Trinajstić information content (AvgIpc) is 2.83. The quantitative estimate of drug-likeness (QED) is 0.474. The highest BCUT2D eigenvalue weighted by molar-refractivity contribution is 7.92. The molecule has 0 saturated carbocycles. The second-order valence-electron chi connectivity index (χ2n) is 8.40. The molecule has 1 aliphatic carbocycles. The van der Waals surface area contributed by atoms with Gasteiger partial charge in [-0.1, -0.05) is 19.3 Å². The van der Waals surface area contributed by atoms with Crippen LogP contribution >= 0.6 is 0 Å². The Kier molecular flexibility index (Phi) is 5.75. The summed E-state index contributed by atoms with van der Waals surface area (Å²) < 4.78 is 41.7. The fourth-order valence-electron chi connectivity index (χ4n) is 4.03. The summed E-state index contributed by atoms with van der Waals surface area (Å²) in [7, 11) is -6.23. The highest BCUT2D eigenvalue weighted by Crippen LogP contribution is 2.41. The molecule has 3 N–H and O–H groups in total. The van der Waals surface area contributed by atoms with Gasteiger partial charge in [0.25, 0.3) is 5.91 Å². The van der Waals surface area contributed by atoms with Gasteiger partial charge in [0.2, 0.25) is 0 Å². The molecule has 0 bridgehead atoms. The van der Waals surface area contributed by atoms with Crippen LogP contribution in [0.25, 0.3) is 0 Å². The molecule has 0 spiro atoms. The van der Waals surface area contributed by atoms with Crippen molar-refractivity contribution in [3.63, 3.8) is 0 Å². The molecule has 7 nitrogen and oxygen atoms in total. The molecule has 1 atom stereocenters. The van der Waals surface area contributed by atoms with E-state index in [4.69, 9.17) is 0 Å². The first-order valence-electron chi connectivity index (χ1n) is 9.57. The van der Waals surface area contributed by atoms with Gasteiger partial charge >= 0.3 is 10.2 Å². The number of anilines is 1. The van der Waals surface area contributed by atoms with Crippen LogP contribution < -0.4 is 9.03 Å². The number of phenolic OH excluding ortho intramolecular Hbond substituents is 1. The van der Waals surface area contributed by atoms with E-state index in [2.05, 4.69) is 0 Å². The average molecular weight is 431 g/mol. The fourth-order valence-corrected chi connectivity index (χ4v) is 6.31. The Hall–Kier alpha value is -1.65. The maximum absolute atomic E-state index is 15.2. The molecule has 10 heteroatoms. The summed E-state index contributed by atoms with van der Waals surface area (Å²) >= 11 is 0. The molecule has 1 saturated heterocycles. The number of nitrogens with one attached hydrogen (secondary N) is 1. The number of carbonyl (C=O) groups excluding carboxylic acids is 1. The second kappa shape index (κ2) is 7.64. The number of benzene rings is 1. The predicted molar refractivity (Wildman–Crippen MR) is 106 cm³/mol. The van der Waals surface area contributed by atoms with Gasteiger partial charge in [-0.05, 0) is 61.5 Å². The van der Waals surface area contributed by atoms with Crippen molar-refractivity contribution in [1.29, 1.82) is 0 Å². The number of nitrogens with zero attached hydrogens (tertiary/aromatic N) is 1. The molecule has 1 aliphatic heterocycles. The van der Waals surface area contributed by atoms with Gasteiger partial charge in [0.15, 0.2) is 14.1 Å². The van der Waals surface area contributed by atoms with Crippen molar-refractivity contribution in [3.05, 3.63) is 23.0 Å². The summed E-state index contributed by atoms with van der Waals surface area (Å²) in [6.07, 6.45) is 4.80. The van der Waals surface area contributed by atoms with Crippen molar-refractivity contribution >= 4 is 30.1 Å². The van der Waals surface area contributed by atoms with Crippen LogP contribution in [0.5, 0.6) is 5.75 Å². The van der Waals surface area contributed by atoms with Crippen molar-refractivity contribution in [2.45, 2.75) is 57.7 Å². The van der Waals surface area contributed by atoms with E-state index in [0.717, 1.165) is 31.7 Å². The van der Waals surface area contributed by atoms with E-state index in [1.807, 2.05) is 13.1 Å². The van der Waals surface area contributed by atoms with Crippen LogP contribution in [0.1, 0.15) is 36.8 Å². The first-order chi connectivity index (χ1) is 13.0. The Labute approximate surface area is 165 Å². The first-order valence-corrected chi connectivity index (χ1v) is 14.2. The topological polar surface area (TPSA) is 107 Å². The van der Waals surface area contributed by atoms with E-state index >= 15 is 4.39 Å². The molecule has 0 radical (unpaired) electrons. The Morgan fingerprint density at radius 2 is 2.07 bits per heavy atom. The predicted octanol–water partition coefficient (Wildman–Crippen LogP) is 2.18. The van der Waals surface area contributed by atoms with E-state index in [1.54, 1.807) is 4.72 Å². The SMILES string of the molecule is C[Si](C)(O)CCCCC1CCc2cc(O)c(N3CC(=O)NS3(=O)=O)c(F)c2C1. The molecule has 1 amide bonds. The van der Waals surface area contributed by atoms with Gasteiger partial charge in [0.05, 0.1) is 0 Å². The van der Waals surface area contributed by atoms with Crippen LogP contribution in [0.2, 0.25) is 19.1 Å². The van der Waals surface area contributed by atoms with E-state index < -0.39 is 48.2 Å². The zero-order valence-electron chi connectivity index (χ0n) is 16.2.